The molecule has 0 aromatic rings. The van der Waals surface area contributed by atoms with E-state index in [1.807, 2.05) is 13.8 Å². The normalized spacial score (nSPS) is 1.00. The monoisotopic (exact) mass is 126 g/mol. The molecule has 0 aromatic carbocycles. The van der Waals surface area contributed by atoms with E-state index in [0.29, 0.717) is 0 Å². The van der Waals surface area contributed by atoms with Gasteiger partial charge in [-0.15, -0.1) is 0 Å². The SMILES string of the molecule is CC.[NaH].[NaH].[NaH].[NaH]. The summed E-state index contributed by atoms with van der Waals surface area (Å²) in [6.45, 7) is 4.00. The van der Waals surface area contributed by atoms with Crippen molar-refractivity contribution < 1.29 is 0 Å². The van der Waals surface area contributed by atoms with Gasteiger partial charge in [-0.25, -0.2) is 0 Å². The van der Waals surface area contributed by atoms with Crippen molar-refractivity contribution in [3.05, 3.63) is 0 Å². The molecule has 0 N–H and O–H groups in total. The molecular formula is C2H10Na4. The molecule has 0 unspecified atom stereocenters. The number of rotatable bonds is 0. The summed E-state index contributed by atoms with van der Waals surface area (Å²) in [4.78, 5) is 0. The summed E-state index contributed by atoms with van der Waals surface area (Å²) in [5.41, 5.74) is 0. The summed E-state index contributed by atoms with van der Waals surface area (Å²) < 4.78 is 0. The van der Waals surface area contributed by atoms with E-state index >= 15 is 0 Å². The molecule has 0 rings (SSSR count). The molecule has 0 nitrogen and oxygen atoms in total. The van der Waals surface area contributed by atoms with Crippen LogP contribution in [0.1, 0.15) is 13.8 Å². The van der Waals surface area contributed by atoms with Gasteiger partial charge in [0.05, 0.1) is 0 Å². The molecule has 0 saturated carbocycles. The molecule has 4 heteroatoms. The van der Waals surface area contributed by atoms with Gasteiger partial charge in [0.15, 0.2) is 0 Å². The predicted molar refractivity (Wildman–Crippen MR) is 39.9 cm³/mol. The Bertz CT molecular complexity index is 5.51. The first-order valence-electron chi connectivity index (χ1n) is 1.00. The van der Waals surface area contributed by atoms with Crippen molar-refractivity contribution in [2.45, 2.75) is 13.8 Å². The number of hydrogen-bond acceptors (Lipinski definition) is 0. The molecule has 6 heavy (non-hydrogen) atoms. The topological polar surface area (TPSA) is 0 Å². The predicted octanol–water partition coefficient (Wildman–Crippen LogP) is -1.57. The van der Waals surface area contributed by atoms with Crippen LogP contribution in [-0.4, -0.2) is 118 Å². The molecule has 0 atom stereocenters. The van der Waals surface area contributed by atoms with Crippen molar-refractivity contribution in [3.8, 4) is 0 Å². The first kappa shape index (κ1) is 32.4. The summed E-state index contributed by atoms with van der Waals surface area (Å²) in [5.74, 6) is 0. The van der Waals surface area contributed by atoms with E-state index in [9.17, 15) is 0 Å². The average Bonchev–Trinajstić information content (AvgIpc) is 1.00. The Morgan fingerprint density at radius 1 is 0.500 bits per heavy atom. The van der Waals surface area contributed by atoms with Gasteiger partial charge in [-0.05, 0) is 0 Å². The van der Waals surface area contributed by atoms with E-state index in [1.54, 1.807) is 0 Å². The minimum absolute atomic E-state index is 0. The van der Waals surface area contributed by atoms with Gasteiger partial charge in [0.1, 0.15) is 0 Å². The van der Waals surface area contributed by atoms with Gasteiger partial charge in [-0.1, -0.05) is 13.8 Å². The molecule has 0 fully saturated rings. The molecule has 0 saturated heterocycles. The van der Waals surface area contributed by atoms with Crippen LogP contribution in [0.2, 0.25) is 0 Å². The van der Waals surface area contributed by atoms with Crippen molar-refractivity contribution in [1.82, 2.24) is 0 Å². The van der Waals surface area contributed by atoms with Crippen LogP contribution in [0.5, 0.6) is 0 Å². The van der Waals surface area contributed by atoms with Crippen LogP contribution in [0, 0.1) is 0 Å². The second-order valence-electron chi connectivity index (χ2n) is 0. The zero-order chi connectivity index (χ0) is 2.00. The van der Waals surface area contributed by atoms with Gasteiger partial charge < -0.3 is 0 Å². The third-order valence-corrected chi connectivity index (χ3v) is 0. The third kappa shape index (κ3) is 24.5. The van der Waals surface area contributed by atoms with Gasteiger partial charge in [0.2, 0.25) is 0 Å². The Labute approximate surface area is 129 Å². The Morgan fingerprint density at radius 2 is 0.500 bits per heavy atom. The number of hydrogen-bond donors (Lipinski definition) is 0. The van der Waals surface area contributed by atoms with Gasteiger partial charge in [-0.2, -0.15) is 0 Å². The molecule has 0 amide bonds. The maximum absolute atomic E-state index is 2.00. The third-order valence-electron chi connectivity index (χ3n) is 0. The van der Waals surface area contributed by atoms with Gasteiger partial charge in [-0.3, -0.25) is 0 Å². The fourth-order valence-corrected chi connectivity index (χ4v) is 0. The van der Waals surface area contributed by atoms with Gasteiger partial charge >= 0.3 is 118 Å². The Morgan fingerprint density at radius 3 is 0.500 bits per heavy atom. The second kappa shape index (κ2) is 36.0. The fraction of sp³-hybridized carbons (Fsp3) is 1.00. The van der Waals surface area contributed by atoms with Gasteiger partial charge in [0.25, 0.3) is 0 Å². The quantitative estimate of drug-likeness (QED) is 0.344. The molecular weight excluding hydrogens is 116 g/mol. The standard InChI is InChI=1S/C2H6.4Na.4H/c1-2;;;;;;;;/h1-2H3;;;;;;;;. The van der Waals surface area contributed by atoms with E-state index < -0.39 is 0 Å². The van der Waals surface area contributed by atoms with Crippen LogP contribution in [0.3, 0.4) is 0 Å². The van der Waals surface area contributed by atoms with Crippen molar-refractivity contribution in [2.24, 2.45) is 0 Å². The molecule has 22 valence electrons. The fourth-order valence-electron chi connectivity index (χ4n) is 0. The first-order valence-corrected chi connectivity index (χ1v) is 1.00. The zero-order valence-corrected chi connectivity index (χ0v) is 2.00. The maximum atomic E-state index is 2.00. The van der Waals surface area contributed by atoms with Crippen LogP contribution in [-0.2, 0) is 0 Å². The van der Waals surface area contributed by atoms with Crippen molar-refractivity contribution >= 4 is 118 Å². The second-order valence-corrected chi connectivity index (χ2v) is 0. The van der Waals surface area contributed by atoms with Crippen molar-refractivity contribution in [1.29, 1.82) is 0 Å². The Hall–Kier alpha value is 4.00. The molecule has 0 heterocycles. The Balaban J connectivity index is -0.000000000833. The van der Waals surface area contributed by atoms with Crippen molar-refractivity contribution in [3.63, 3.8) is 0 Å². The van der Waals surface area contributed by atoms with Crippen molar-refractivity contribution in [2.75, 3.05) is 0 Å². The van der Waals surface area contributed by atoms with E-state index in [-0.39, 0.29) is 118 Å². The van der Waals surface area contributed by atoms with Crippen LogP contribution in [0.15, 0.2) is 0 Å². The summed E-state index contributed by atoms with van der Waals surface area (Å²) in [6, 6.07) is 0. The summed E-state index contributed by atoms with van der Waals surface area (Å²) >= 11 is 0. The molecule has 0 bridgehead atoms. The summed E-state index contributed by atoms with van der Waals surface area (Å²) in [6.07, 6.45) is 0. The van der Waals surface area contributed by atoms with Crippen LogP contribution in [0.25, 0.3) is 0 Å². The minimum atomic E-state index is 0. The molecule has 0 aliphatic carbocycles. The first-order chi connectivity index (χ1) is 1.00. The average molecular weight is 126 g/mol. The molecule has 0 aromatic heterocycles. The van der Waals surface area contributed by atoms with Gasteiger partial charge in [0, 0.05) is 0 Å². The molecule has 0 aliphatic heterocycles. The van der Waals surface area contributed by atoms with Crippen LogP contribution < -0.4 is 0 Å². The molecule has 0 radical (unpaired) electrons. The van der Waals surface area contributed by atoms with E-state index in [2.05, 4.69) is 0 Å². The Kier molecular flexibility index (Phi) is 194. The van der Waals surface area contributed by atoms with E-state index in [0.717, 1.165) is 0 Å². The van der Waals surface area contributed by atoms with Crippen LogP contribution in [0.4, 0.5) is 0 Å². The van der Waals surface area contributed by atoms with E-state index in [4.69, 9.17) is 0 Å². The zero-order valence-electron chi connectivity index (χ0n) is 2.00. The summed E-state index contributed by atoms with van der Waals surface area (Å²) in [7, 11) is 0. The van der Waals surface area contributed by atoms with E-state index in [1.165, 1.54) is 0 Å². The molecule has 0 aliphatic rings. The summed E-state index contributed by atoms with van der Waals surface area (Å²) in [5, 5.41) is 0. The molecule has 0 spiro atoms. The van der Waals surface area contributed by atoms with Crippen LogP contribution >= 0.6 is 0 Å².